The monoisotopic (exact) mass is 689 g/mol. The molecule has 0 amide bonds. The third kappa shape index (κ3) is 3.59. The number of hydrogen-bond acceptors (Lipinski definition) is 0. The second kappa shape index (κ2) is 10.1. The van der Waals surface area contributed by atoms with Crippen LogP contribution in [0.3, 0.4) is 0 Å². The lowest BCUT2D eigenvalue weighted by Gasteiger charge is -2.09. The first-order chi connectivity index (χ1) is 37.4. The highest BCUT2D eigenvalue weighted by Gasteiger charge is 2.22. The van der Waals surface area contributed by atoms with Gasteiger partial charge in [0, 0.05) is 49.1 Å². The molecule has 0 radical (unpaired) electrons. The molecule has 0 atom stereocenters. The predicted octanol–water partition coefficient (Wildman–Crippen LogP) is 13.0. The van der Waals surface area contributed by atoms with Crippen LogP contribution in [0.2, 0.25) is 0 Å². The average Bonchev–Trinajstić information content (AvgIpc) is 3.11. The van der Waals surface area contributed by atoms with Crippen LogP contribution in [0.4, 0.5) is 0 Å². The molecule has 0 aliphatic heterocycles. The molecule has 0 unspecified atom stereocenters. The zero-order chi connectivity index (χ0) is 58.4. The molecule has 3 heteroatoms. The molecule has 0 saturated heterocycles. The summed E-state index contributed by atoms with van der Waals surface area (Å²) in [6, 6.07) is -23.3. The van der Waals surface area contributed by atoms with E-state index in [9.17, 15) is 19.2 Å². The molecular weight excluding hydrogens is 631 g/mol. The van der Waals surface area contributed by atoms with E-state index in [2.05, 4.69) is 0 Å². The summed E-state index contributed by atoms with van der Waals surface area (Å²) in [5.74, 6) is 0. The molecule has 4 aromatic heterocycles. The maximum atomic E-state index is 10.1. The Morgan fingerprint density at radius 2 is 0.904 bits per heavy atom. The van der Waals surface area contributed by atoms with Crippen LogP contribution in [0.15, 0.2) is 169 Å². The SMILES string of the molecule is [2H]c1c([2H])c([2H])c(-n2c3c([2H])c([2H])c([2H])c([2H])c3c3c([2H])c(-c4c([2H])c([2H])c5c(c4[2H])c4c([2H])c([2H])c([2H])c6c7c([2H])c(C)c([2H])c8c7c7c(c([2H])c([2H])c([2H])c7n5c64)n8-c4c([2H])c([2H])c([2H])c([2H])c4[2H])c([2H])c([2H])c32)c([2H])c1[2H]. The van der Waals surface area contributed by atoms with E-state index in [1.165, 1.54) is 6.92 Å². The van der Waals surface area contributed by atoms with Gasteiger partial charge in [-0.15, -0.1) is 0 Å². The van der Waals surface area contributed by atoms with Crippen LogP contribution < -0.4 is 0 Å². The summed E-state index contributed by atoms with van der Waals surface area (Å²) < 4.78 is 259. The van der Waals surface area contributed by atoms with Gasteiger partial charge in [0.1, 0.15) is 0 Å². The molecule has 0 bridgehead atoms. The Morgan fingerprint density at radius 3 is 1.65 bits per heavy atom. The first kappa shape index (κ1) is 12.4. The van der Waals surface area contributed by atoms with Crippen molar-refractivity contribution in [1.82, 2.24) is 13.5 Å². The Kier molecular flexibility index (Phi) is 2.42. The highest BCUT2D eigenvalue weighted by atomic mass is 15.0. The van der Waals surface area contributed by atoms with E-state index in [1.54, 1.807) is 0 Å². The lowest BCUT2D eigenvalue weighted by atomic mass is 9.99. The van der Waals surface area contributed by atoms with Crippen LogP contribution >= 0.6 is 0 Å². The third-order valence-corrected chi connectivity index (χ3v) is 9.28. The van der Waals surface area contributed by atoms with Gasteiger partial charge in [-0.1, -0.05) is 96.7 Å². The Labute approximate surface area is 338 Å². The van der Waals surface area contributed by atoms with Crippen molar-refractivity contribution >= 4 is 81.7 Å². The number of fused-ring (bicyclic) bond motifs is 8. The van der Waals surface area contributed by atoms with Crippen molar-refractivity contribution in [1.29, 1.82) is 0 Å². The zero-order valence-corrected chi connectivity index (χ0v) is 26.3. The van der Waals surface area contributed by atoms with E-state index in [4.69, 9.17) is 19.2 Å². The normalized spacial score (nSPS) is 19.9. The fourth-order valence-corrected chi connectivity index (χ4v) is 7.30. The molecule has 0 fully saturated rings. The number of hydrogen-bond donors (Lipinski definition) is 0. The van der Waals surface area contributed by atoms with Crippen molar-refractivity contribution in [2.75, 3.05) is 0 Å². The van der Waals surface area contributed by atoms with Crippen LogP contribution in [0.1, 0.15) is 43.9 Å². The minimum absolute atomic E-state index is 0.142. The van der Waals surface area contributed by atoms with Gasteiger partial charge in [0.2, 0.25) is 0 Å². The minimum Gasteiger partial charge on any atom is -0.309 e. The van der Waals surface area contributed by atoms with Crippen LogP contribution in [-0.2, 0) is 0 Å². The van der Waals surface area contributed by atoms with Crippen LogP contribution in [-0.4, -0.2) is 13.5 Å². The number of rotatable bonds is 3. The molecule has 0 aliphatic rings. The first-order valence-electron chi connectivity index (χ1n) is 29.8. The van der Waals surface area contributed by atoms with Crippen LogP contribution in [0.25, 0.3) is 104 Å². The van der Waals surface area contributed by atoms with E-state index in [1.807, 2.05) is 0 Å². The van der Waals surface area contributed by atoms with Gasteiger partial charge in [0.25, 0.3) is 0 Å². The molecule has 8 aromatic carbocycles. The predicted molar refractivity (Wildman–Crippen MR) is 220 cm³/mol. The van der Waals surface area contributed by atoms with E-state index < -0.39 is 241 Å². The summed E-state index contributed by atoms with van der Waals surface area (Å²) in [7, 11) is 0. The van der Waals surface area contributed by atoms with Crippen molar-refractivity contribution in [3.63, 3.8) is 0 Å². The molecule has 12 rings (SSSR count). The summed E-state index contributed by atoms with van der Waals surface area (Å²) >= 11 is 0. The van der Waals surface area contributed by atoms with E-state index in [0.717, 1.165) is 13.5 Å². The van der Waals surface area contributed by atoms with Gasteiger partial charge in [-0.25, -0.2) is 0 Å². The highest BCUT2D eigenvalue weighted by molar-refractivity contribution is 6.31. The topological polar surface area (TPSA) is 14.3 Å². The molecule has 52 heavy (non-hydrogen) atoms. The van der Waals surface area contributed by atoms with Crippen LogP contribution in [0, 0.1) is 6.92 Å². The standard InChI is InChI=1S/C49H31N3/c1-30-26-40-37-18-10-17-36-39-29-32(31-22-24-42-38(28-31)35-16-8-9-19-41(35)50(42)33-12-4-2-5-13-33)23-25-43(39)52(49(36)37)45-21-11-20-44-48(45)47(40)46(27-30)51(44)34-14-6-3-7-15-34/h2-29H,1H3/i2D,3D,4D,5D,6D,7D,8D,9D,10D,11D,12D,13D,14D,15D,16D,17D,18D,19D,20D,21D,22D,23D,24D,25D,26D,27D,28D,29D. The average molecular weight is 690 g/mol. The molecule has 3 nitrogen and oxygen atoms in total. The Balaban J connectivity index is 1.36. The van der Waals surface area contributed by atoms with Crippen molar-refractivity contribution in [2.45, 2.75) is 6.92 Å². The third-order valence-electron chi connectivity index (χ3n) is 9.28. The van der Waals surface area contributed by atoms with E-state index in [0.29, 0.717) is 0 Å². The first-order valence-corrected chi connectivity index (χ1v) is 15.8. The Hall–Kier alpha value is -6.84. The largest absolute Gasteiger partial charge is 0.309 e. The van der Waals surface area contributed by atoms with Gasteiger partial charge in [-0.2, -0.15) is 0 Å². The fourth-order valence-electron chi connectivity index (χ4n) is 7.30. The molecule has 242 valence electrons. The van der Waals surface area contributed by atoms with Gasteiger partial charge < -0.3 is 13.5 Å². The maximum absolute atomic E-state index is 10.1. The van der Waals surface area contributed by atoms with E-state index in [-0.39, 0.29) is 38.1 Å². The molecule has 4 heterocycles. The molecule has 0 aliphatic carbocycles. The summed E-state index contributed by atoms with van der Waals surface area (Å²) in [5.41, 5.74) is -6.29. The van der Waals surface area contributed by atoms with Crippen molar-refractivity contribution in [2.24, 2.45) is 0 Å². The van der Waals surface area contributed by atoms with E-state index >= 15 is 0 Å². The second-order valence-electron chi connectivity index (χ2n) is 12.0. The van der Waals surface area contributed by atoms with Crippen molar-refractivity contribution in [3.8, 4) is 22.5 Å². The molecule has 12 aromatic rings. The quantitative estimate of drug-likeness (QED) is 0.175. The summed E-state index contributed by atoms with van der Waals surface area (Å²) in [6.07, 6.45) is 0. The molecule has 0 saturated carbocycles. The van der Waals surface area contributed by atoms with Crippen LogP contribution in [0.5, 0.6) is 0 Å². The lowest BCUT2D eigenvalue weighted by molar-refractivity contribution is 1.18. The smallest absolute Gasteiger partial charge is 0.0648 e. The molecule has 0 spiro atoms. The molecular formula is C49H31N3. The summed E-state index contributed by atoms with van der Waals surface area (Å²) in [5, 5.41) is -3.24. The number of para-hydroxylation sites is 4. The minimum atomic E-state index is -0.993. The van der Waals surface area contributed by atoms with Gasteiger partial charge in [0.05, 0.1) is 77.0 Å². The Bertz CT molecular complexity index is 4990. The van der Waals surface area contributed by atoms with Gasteiger partial charge in [0.15, 0.2) is 0 Å². The Morgan fingerprint density at radius 1 is 0.365 bits per heavy atom. The lowest BCUT2D eigenvalue weighted by Crippen LogP contribution is -1.94. The number of nitrogens with zero attached hydrogens (tertiary/aromatic N) is 3. The second-order valence-corrected chi connectivity index (χ2v) is 12.0. The highest BCUT2D eigenvalue weighted by Crippen LogP contribution is 2.45. The van der Waals surface area contributed by atoms with Gasteiger partial charge in [-0.05, 0) is 102 Å². The number of aromatic nitrogens is 3. The molecule has 0 N–H and O–H groups in total. The fraction of sp³-hybridized carbons (Fsp3) is 0.0204. The van der Waals surface area contributed by atoms with Crippen molar-refractivity contribution in [3.05, 3.63) is 175 Å². The van der Waals surface area contributed by atoms with Gasteiger partial charge in [-0.3, -0.25) is 0 Å². The van der Waals surface area contributed by atoms with Crippen molar-refractivity contribution < 1.29 is 38.4 Å². The maximum Gasteiger partial charge on any atom is 0.0648 e. The summed E-state index contributed by atoms with van der Waals surface area (Å²) in [6.45, 7) is 1.34. The summed E-state index contributed by atoms with van der Waals surface area (Å²) in [4.78, 5) is 0. The van der Waals surface area contributed by atoms with Gasteiger partial charge >= 0.3 is 0 Å². The zero-order valence-electron chi connectivity index (χ0n) is 54.3. The number of benzene rings is 8.